The molecule has 1 saturated heterocycles. The highest BCUT2D eigenvalue weighted by Gasteiger charge is 2.27. The summed E-state index contributed by atoms with van der Waals surface area (Å²) in [6.07, 6.45) is 1.93. The third kappa shape index (κ3) is 5.98. The maximum atomic E-state index is 12.0. The Morgan fingerprint density at radius 3 is 2.54 bits per heavy atom. The monoisotopic (exact) mass is 384 g/mol. The lowest BCUT2D eigenvalue weighted by atomic mass is 10.00. The number of amides is 1. The fourth-order valence-corrected chi connectivity index (χ4v) is 3.42. The van der Waals surface area contributed by atoms with Gasteiger partial charge >= 0.3 is 5.88 Å². The van der Waals surface area contributed by atoms with Crippen LogP contribution in [-0.4, -0.2) is 59.2 Å². The van der Waals surface area contributed by atoms with Crippen molar-refractivity contribution in [2.24, 2.45) is 5.41 Å². The zero-order chi connectivity index (χ0) is 19.3. The molecule has 2 heterocycles. The quantitative estimate of drug-likeness (QED) is 0.739. The van der Waals surface area contributed by atoms with Crippen LogP contribution in [0, 0.1) is 5.41 Å². The number of hydrogen-bond donors (Lipinski definition) is 1. The second kappa shape index (κ2) is 8.85. The van der Waals surface area contributed by atoms with Gasteiger partial charge in [0.1, 0.15) is 0 Å². The average molecular weight is 385 g/mol. The van der Waals surface area contributed by atoms with E-state index in [4.69, 9.17) is 4.52 Å². The first-order valence-corrected chi connectivity index (χ1v) is 10.0. The van der Waals surface area contributed by atoms with Gasteiger partial charge in [-0.25, -0.2) is 0 Å². The van der Waals surface area contributed by atoms with E-state index >= 15 is 0 Å². The molecule has 0 spiro atoms. The van der Waals surface area contributed by atoms with E-state index < -0.39 is 5.41 Å². The van der Waals surface area contributed by atoms with Gasteiger partial charge in [-0.3, -0.25) is 24.3 Å². The molecule has 9 heteroatoms. The molecule has 1 amide bonds. The zero-order valence-corrected chi connectivity index (χ0v) is 17.1. The van der Waals surface area contributed by atoms with Crippen LogP contribution in [0.1, 0.15) is 41.0 Å². The van der Waals surface area contributed by atoms with Gasteiger partial charge in [-0.1, -0.05) is 32.5 Å². The molecule has 0 atom stereocenters. The van der Waals surface area contributed by atoms with Gasteiger partial charge < -0.3 is 0 Å². The Balaban J connectivity index is 1.76. The summed E-state index contributed by atoms with van der Waals surface area (Å²) >= 11 is 1.19. The minimum Gasteiger partial charge on any atom is -0.297 e. The van der Waals surface area contributed by atoms with Crippen molar-refractivity contribution in [2.45, 2.75) is 47.1 Å². The second-order valence-corrected chi connectivity index (χ2v) is 8.82. The van der Waals surface area contributed by atoms with Gasteiger partial charge in [-0.15, -0.1) is 0 Å². The van der Waals surface area contributed by atoms with Gasteiger partial charge in [0.15, 0.2) is 5.12 Å². The van der Waals surface area contributed by atoms with Gasteiger partial charge in [0.25, 0.3) is 6.20 Å². The summed E-state index contributed by atoms with van der Waals surface area (Å²) < 4.78 is 5.20. The van der Waals surface area contributed by atoms with Crippen molar-refractivity contribution in [2.75, 3.05) is 42.3 Å². The number of thioether (sulfide) groups is 1. The summed E-state index contributed by atoms with van der Waals surface area (Å²) in [5.74, 6) is 0.577. The highest BCUT2D eigenvalue weighted by molar-refractivity contribution is 8.13. The minimum absolute atomic E-state index is 0.0864. The van der Waals surface area contributed by atoms with Crippen molar-refractivity contribution in [3.05, 3.63) is 6.20 Å². The van der Waals surface area contributed by atoms with E-state index in [0.29, 0.717) is 17.7 Å². The molecule has 0 aliphatic carbocycles. The predicted octanol–water partition coefficient (Wildman–Crippen LogP) is 1.26. The molecule has 0 unspecified atom stereocenters. The van der Waals surface area contributed by atoms with Crippen molar-refractivity contribution in [1.82, 2.24) is 10.2 Å². The number of nitrogens with one attached hydrogen (secondary N) is 1. The molecule has 1 aromatic rings. The smallest absolute Gasteiger partial charge is 0.297 e. The standard InChI is InChI=1S/C17H29N5O3S/c1-13(2)20-7-9-21(10-8-20)22-12-15(25-19-22)18-14(23)6-11-26-16(24)17(3,4)5/h12-13H,6-11H2,1-5H3/p+1. The molecule has 1 fully saturated rings. The second-order valence-electron chi connectivity index (χ2n) is 7.75. The Morgan fingerprint density at radius 2 is 1.96 bits per heavy atom. The van der Waals surface area contributed by atoms with Crippen LogP contribution in [0.2, 0.25) is 0 Å². The van der Waals surface area contributed by atoms with E-state index in [1.165, 1.54) is 11.8 Å². The van der Waals surface area contributed by atoms with Crippen molar-refractivity contribution < 1.29 is 18.9 Å². The Hall–Kier alpha value is -1.61. The number of nitrogens with zero attached hydrogens (tertiary/aromatic N) is 4. The van der Waals surface area contributed by atoms with E-state index in [1.807, 2.05) is 20.8 Å². The minimum atomic E-state index is -0.392. The Labute approximate surface area is 159 Å². The molecule has 0 aromatic carbocycles. The van der Waals surface area contributed by atoms with Crippen LogP contribution in [0.4, 0.5) is 5.88 Å². The highest BCUT2D eigenvalue weighted by Crippen LogP contribution is 2.23. The lowest BCUT2D eigenvalue weighted by Gasteiger charge is -2.32. The molecule has 8 nitrogen and oxygen atoms in total. The van der Waals surface area contributed by atoms with Gasteiger partial charge in [0.05, 0.1) is 17.9 Å². The molecule has 0 radical (unpaired) electrons. The van der Waals surface area contributed by atoms with E-state index in [0.717, 1.165) is 26.2 Å². The maximum absolute atomic E-state index is 12.0. The number of aromatic nitrogens is 2. The highest BCUT2D eigenvalue weighted by atomic mass is 32.2. The molecule has 1 aromatic heterocycles. The Kier molecular flexibility index (Phi) is 7.05. The summed E-state index contributed by atoms with van der Waals surface area (Å²) in [4.78, 5) is 27.9. The topological polar surface area (TPSA) is 82.6 Å². The first kappa shape index (κ1) is 20.7. The van der Waals surface area contributed by atoms with E-state index in [1.54, 1.807) is 11.0 Å². The van der Waals surface area contributed by atoms with Crippen LogP contribution in [-0.2, 0) is 9.59 Å². The largest absolute Gasteiger partial charge is 0.305 e. The van der Waals surface area contributed by atoms with E-state index in [9.17, 15) is 9.59 Å². The summed E-state index contributed by atoms with van der Waals surface area (Å²) in [5.41, 5.74) is -0.392. The first-order chi connectivity index (χ1) is 12.2. The van der Waals surface area contributed by atoms with Gasteiger partial charge in [0.2, 0.25) is 11.2 Å². The number of piperazine rings is 1. The van der Waals surface area contributed by atoms with Crippen LogP contribution in [0.3, 0.4) is 0 Å². The third-order valence-corrected chi connectivity index (χ3v) is 5.49. The number of rotatable bonds is 6. The lowest BCUT2D eigenvalue weighted by molar-refractivity contribution is -0.759. The normalized spacial score (nSPS) is 16.2. The average Bonchev–Trinajstić information content (AvgIpc) is 3.02. The molecular weight excluding hydrogens is 354 g/mol. The fourth-order valence-electron chi connectivity index (χ4n) is 2.51. The fraction of sp³-hybridized carbons (Fsp3) is 0.765. The number of carbonyl (C=O) groups excluding carboxylic acids is 2. The number of hydrogen-bond acceptors (Lipinski definition) is 7. The van der Waals surface area contributed by atoms with E-state index in [2.05, 4.69) is 34.3 Å². The number of anilines is 1. The van der Waals surface area contributed by atoms with Crippen LogP contribution >= 0.6 is 11.8 Å². The van der Waals surface area contributed by atoms with Crippen molar-refractivity contribution in [3.8, 4) is 0 Å². The van der Waals surface area contributed by atoms with Gasteiger partial charge in [-0.2, -0.15) is 5.01 Å². The SMILES string of the molecule is CC(C)N1CCN([n+]2cc(NC(=O)CCSC(=O)C(C)(C)C)on2)CC1. The van der Waals surface area contributed by atoms with Crippen LogP contribution < -0.4 is 15.1 Å². The van der Waals surface area contributed by atoms with Gasteiger partial charge in [0, 0.05) is 36.7 Å². The zero-order valence-electron chi connectivity index (χ0n) is 16.3. The molecule has 1 N–H and O–H groups in total. The molecule has 26 heavy (non-hydrogen) atoms. The van der Waals surface area contributed by atoms with Crippen molar-refractivity contribution in [1.29, 1.82) is 0 Å². The van der Waals surface area contributed by atoms with Crippen LogP contribution in [0.15, 0.2) is 10.7 Å². The summed E-state index contributed by atoms with van der Waals surface area (Å²) in [6, 6.07) is 0.539. The molecule has 1 aliphatic heterocycles. The summed E-state index contributed by atoms with van der Waals surface area (Å²) in [7, 11) is 0. The summed E-state index contributed by atoms with van der Waals surface area (Å²) in [5, 5.41) is 8.83. The van der Waals surface area contributed by atoms with Crippen molar-refractivity contribution >= 4 is 28.7 Å². The molecule has 0 saturated carbocycles. The number of carbonyl (C=O) groups is 2. The third-order valence-electron chi connectivity index (χ3n) is 4.20. The van der Waals surface area contributed by atoms with Gasteiger partial charge in [-0.05, 0) is 13.8 Å². The Bertz CT molecular complexity index is 618. The first-order valence-electron chi connectivity index (χ1n) is 9.02. The molecular formula is C17H30N5O3S+. The van der Waals surface area contributed by atoms with Crippen LogP contribution in [0.25, 0.3) is 0 Å². The van der Waals surface area contributed by atoms with E-state index in [-0.39, 0.29) is 17.4 Å². The molecule has 1 aliphatic rings. The predicted molar refractivity (Wildman–Crippen MR) is 102 cm³/mol. The Morgan fingerprint density at radius 1 is 1.31 bits per heavy atom. The molecule has 146 valence electrons. The summed E-state index contributed by atoms with van der Waals surface area (Å²) in [6.45, 7) is 13.7. The lowest BCUT2D eigenvalue weighted by Crippen LogP contribution is -2.65. The molecule has 0 bridgehead atoms. The maximum Gasteiger partial charge on any atom is 0.305 e. The molecule has 2 rings (SSSR count). The van der Waals surface area contributed by atoms with Crippen molar-refractivity contribution in [3.63, 3.8) is 0 Å². The van der Waals surface area contributed by atoms with Crippen LogP contribution in [0.5, 0.6) is 0 Å².